The first-order valence-electron chi connectivity index (χ1n) is 3.69. The highest BCUT2D eigenvalue weighted by atomic mass is 127. The number of ether oxygens (including phenoxy) is 1. The van der Waals surface area contributed by atoms with E-state index in [0.29, 0.717) is 5.56 Å². The number of halogens is 2. The number of carbonyl (C=O) groups is 1. The Morgan fingerprint density at radius 1 is 1.43 bits per heavy atom. The summed E-state index contributed by atoms with van der Waals surface area (Å²) in [5.74, 6) is 3.15. The molecule has 0 unspecified atom stereocenters. The van der Waals surface area contributed by atoms with Crippen molar-refractivity contribution in [3.05, 3.63) is 24.8 Å². The number of hydrogen-bond acceptors (Lipinski definition) is 2. The molecule has 0 bridgehead atoms. The number of rotatable bonds is 3. The second-order valence-electron chi connectivity index (χ2n) is 2.42. The van der Waals surface area contributed by atoms with Crippen molar-refractivity contribution in [3.8, 4) is 18.1 Å². The molecule has 0 radical (unpaired) electrons. The molecule has 0 fully saturated rings. The zero-order chi connectivity index (χ0) is 10.6. The molecule has 0 aromatic heterocycles. The normalized spacial score (nSPS) is 9.21. The van der Waals surface area contributed by atoms with Gasteiger partial charge >= 0.3 is 0 Å². The molecule has 0 heterocycles. The summed E-state index contributed by atoms with van der Waals surface area (Å²) in [7, 11) is 0. The molecule has 0 aliphatic carbocycles. The van der Waals surface area contributed by atoms with E-state index in [1.165, 1.54) is 0 Å². The maximum Gasteiger partial charge on any atom is 0.150 e. The van der Waals surface area contributed by atoms with Crippen LogP contribution in [0.25, 0.3) is 0 Å². The lowest BCUT2D eigenvalue weighted by atomic mass is 10.2. The lowest BCUT2D eigenvalue weighted by molar-refractivity contribution is 0.112. The van der Waals surface area contributed by atoms with E-state index in [-0.39, 0.29) is 6.61 Å². The average molecular weight is 412 g/mol. The highest BCUT2D eigenvalue weighted by Crippen LogP contribution is 2.28. The Morgan fingerprint density at radius 2 is 2.00 bits per heavy atom. The molecular formula is C10H6I2O2. The van der Waals surface area contributed by atoms with E-state index in [0.717, 1.165) is 19.2 Å². The molecule has 72 valence electrons. The van der Waals surface area contributed by atoms with Gasteiger partial charge in [-0.2, -0.15) is 0 Å². The molecule has 0 aliphatic rings. The van der Waals surface area contributed by atoms with Gasteiger partial charge in [-0.25, -0.2) is 0 Å². The number of benzene rings is 1. The fourth-order valence-electron chi connectivity index (χ4n) is 0.899. The van der Waals surface area contributed by atoms with Crippen LogP contribution in [0.5, 0.6) is 5.75 Å². The van der Waals surface area contributed by atoms with Crippen molar-refractivity contribution < 1.29 is 9.53 Å². The Hall–Kier alpha value is -0.290. The van der Waals surface area contributed by atoms with Crippen LogP contribution in [-0.2, 0) is 0 Å². The van der Waals surface area contributed by atoms with E-state index in [1.54, 1.807) is 12.1 Å². The van der Waals surface area contributed by atoms with Gasteiger partial charge in [0.25, 0.3) is 0 Å². The van der Waals surface area contributed by atoms with Crippen LogP contribution in [0.4, 0.5) is 0 Å². The summed E-state index contributed by atoms with van der Waals surface area (Å²) in [5, 5.41) is 0. The van der Waals surface area contributed by atoms with Gasteiger partial charge in [-0.1, -0.05) is 5.92 Å². The van der Waals surface area contributed by atoms with Gasteiger partial charge in [0, 0.05) is 5.56 Å². The number of hydrogen-bond donors (Lipinski definition) is 0. The van der Waals surface area contributed by atoms with Crippen LogP contribution in [0.1, 0.15) is 10.4 Å². The van der Waals surface area contributed by atoms with Gasteiger partial charge in [0.1, 0.15) is 18.6 Å². The Bertz CT molecular complexity index is 371. The van der Waals surface area contributed by atoms with E-state index < -0.39 is 0 Å². The third-order valence-electron chi connectivity index (χ3n) is 1.46. The summed E-state index contributed by atoms with van der Waals surface area (Å²) < 4.78 is 7.14. The molecule has 1 aromatic rings. The SMILES string of the molecule is C#CCOc1c(I)cc(C=O)cc1I. The van der Waals surface area contributed by atoms with Gasteiger partial charge in [-0.3, -0.25) is 4.79 Å². The molecule has 0 saturated heterocycles. The maximum absolute atomic E-state index is 10.6. The highest BCUT2D eigenvalue weighted by molar-refractivity contribution is 14.1. The van der Waals surface area contributed by atoms with Crippen LogP contribution in [-0.4, -0.2) is 12.9 Å². The van der Waals surface area contributed by atoms with Gasteiger partial charge < -0.3 is 4.74 Å². The first-order valence-corrected chi connectivity index (χ1v) is 5.85. The smallest absolute Gasteiger partial charge is 0.150 e. The first-order chi connectivity index (χ1) is 6.69. The van der Waals surface area contributed by atoms with Crippen molar-refractivity contribution >= 4 is 51.5 Å². The number of carbonyl (C=O) groups excluding carboxylic acids is 1. The second kappa shape index (κ2) is 5.56. The van der Waals surface area contributed by atoms with Crippen molar-refractivity contribution in [2.75, 3.05) is 6.61 Å². The number of aldehydes is 1. The fraction of sp³-hybridized carbons (Fsp3) is 0.100. The predicted octanol–water partition coefficient (Wildman–Crippen LogP) is 2.72. The van der Waals surface area contributed by atoms with Crippen molar-refractivity contribution in [3.63, 3.8) is 0 Å². The van der Waals surface area contributed by atoms with Gasteiger partial charge in [0.2, 0.25) is 0 Å². The summed E-state index contributed by atoms with van der Waals surface area (Å²) in [4.78, 5) is 10.6. The zero-order valence-corrected chi connectivity index (χ0v) is 11.4. The molecule has 4 heteroatoms. The monoisotopic (exact) mass is 412 g/mol. The van der Waals surface area contributed by atoms with Gasteiger partial charge in [0.05, 0.1) is 7.14 Å². The Balaban J connectivity index is 3.06. The van der Waals surface area contributed by atoms with Crippen LogP contribution in [0.3, 0.4) is 0 Å². The Kier molecular flexibility index (Phi) is 4.68. The predicted molar refractivity (Wildman–Crippen MR) is 71.6 cm³/mol. The molecule has 0 amide bonds. The summed E-state index contributed by atoms with van der Waals surface area (Å²) in [6.07, 6.45) is 5.91. The summed E-state index contributed by atoms with van der Waals surface area (Å²) in [6, 6.07) is 3.53. The van der Waals surface area contributed by atoms with Crippen LogP contribution in [0.15, 0.2) is 12.1 Å². The van der Waals surface area contributed by atoms with E-state index in [1.807, 2.05) is 0 Å². The largest absolute Gasteiger partial charge is 0.479 e. The average Bonchev–Trinajstić information content (AvgIpc) is 2.16. The quantitative estimate of drug-likeness (QED) is 0.434. The van der Waals surface area contributed by atoms with Crippen LogP contribution < -0.4 is 4.74 Å². The Morgan fingerprint density at radius 3 is 2.43 bits per heavy atom. The minimum Gasteiger partial charge on any atom is -0.479 e. The third-order valence-corrected chi connectivity index (χ3v) is 3.06. The van der Waals surface area contributed by atoms with Crippen molar-refractivity contribution in [2.45, 2.75) is 0 Å². The zero-order valence-electron chi connectivity index (χ0n) is 7.09. The molecule has 14 heavy (non-hydrogen) atoms. The maximum atomic E-state index is 10.6. The summed E-state index contributed by atoms with van der Waals surface area (Å²) in [6.45, 7) is 0.242. The van der Waals surface area contributed by atoms with E-state index >= 15 is 0 Å². The minimum absolute atomic E-state index is 0.242. The fourth-order valence-corrected chi connectivity index (χ4v) is 3.03. The third kappa shape index (κ3) is 2.85. The molecular weight excluding hydrogens is 406 g/mol. The summed E-state index contributed by atoms with van der Waals surface area (Å²) in [5.41, 5.74) is 0.645. The van der Waals surface area contributed by atoms with Crippen LogP contribution in [0.2, 0.25) is 0 Å². The van der Waals surface area contributed by atoms with Gasteiger partial charge in [0.15, 0.2) is 0 Å². The molecule has 2 nitrogen and oxygen atoms in total. The molecule has 1 rings (SSSR count). The molecule has 0 N–H and O–H groups in total. The number of terminal acetylenes is 1. The molecule has 0 saturated carbocycles. The van der Waals surface area contributed by atoms with Gasteiger partial charge in [-0.05, 0) is 57.3 Å². The lowest BCUT2D eigenvalue weighted by Gasteiger charge is -2.08. The van der Waals surface area contributed by atoms with Gasteiger partial charge in [-0.15, -0.1) is 6.42 Å². The Labute approximate surface area is 110 Å². The molecule has 0 atom stereocenters. The van der Waals surface area contributed by atoms with Crippen molar-refractivity contribution in [1.82, 2.24) is 0 Å². The molecule has 0 aliphatic heterocycles. The standard InChI is InChI=1S/C10H6I2O2/c1-2-3-14-10-8(11)4-7(6-13)5-9(10)12/h1,4-6H,3H2. The second-order valence-corrected chi connectivity index (χ2v) is 4.75. The van der Waals surface area contributed by atoms with Crippen LogP contribution >= 0.6 is 45.2 Å². The summed E-state index contributed by atoms with van der Waals surface area (Å²) >= 11 is 4.23. The lowest BCUT2D eigenvalue weighted by Crippen LogP contribution is -1.99. The topological polar surface area (TPSA) is 26.3 Å². The van der Waals surface area contributed by atoms with Crippen LogP contribution in [0, 0.1) is 19.5 Å². The molecule has 0 spiro atoms. The first kappa shape index (κ1) is 11.8. The molecule has 1 aromatic carbocycles. The van der Waals surface area contributed by atoms with Crippen molar-refractivity contribution in [2.24, 2.45) is 0 Å². The van der Waals surface area contributed by atoms with E-state index in [4.69, 9.17) is 11.2 Å². The van der Waals surface area contributed by atoms with E-state index in [2.05, 4.69) is 51.1 Å². The van der Waals surface area contributed by atoms with E-state index in [9.17, 15) is 4.79 Å². The highest BCUT2D eigenvalue weighted by Gasteiger charge is 2.07. The minimum atomic E-state index is 0.242. The van der Waals surface area contributed by atoms with Crippen molar-refractivity contribution in [1.29, 1.82) is 0 Å².